The lowest BCUT2D eigenvalue weighted by atomic mass is 9.99. The van der Waals surface area contributed by atoms with Crippen LogP contribution in [0.2, 0.25) is 0 Å². The summed E-state index contributed by atoms with van der Waals surface area (Å²) in [6.07, 6.45) is 2.20. The maximum absolute atomic E-state index is 17.1. The highest BCUT2D eigenvalue weighted by molar-refractivity contribution is 7.22. The Morgan fingerprint density at radius 3 is 1.98 bits per heavy atom. The van der Waals surface area contributed by atoms with Crippen LogP contribution in [-0.4, -0.2) is 18.0 Å². The summed E-state index contributed by atoms with van der Waals surface area (Å²) in [5.74, 6) is 0.749. The number of pyridine rings is 2. The van der Waals surface area contributed by atoms with Crippen molar-refractivity contribution < 1.29 is 8.81 Å². The minimum absolute atomic E-state index is 0.570. The highest BCUT2D eigenvalue weighted by Crippen LogP contribution is 2.43. The van der Waals surface area contributed by atoms with Crippen LogP contribution >= 0.6 is 0 Å². The number of nitrogens with zero attached hydrogens (tertiary/aromatic N) is 3. The van der Waals surface area contributed by atoms with Gasteiger partial charge in [0.1, 0.15) is 17.0 Å². The lowest BCUT2D eigenvalue weighted by molar-refractivity contribution is 0.402. The Kier molecular flexibility index (Phi) is 7.37. The Labute approximate surface area is 307 Å². The monoisotopic (exact) mass is 701 g/mol. The van der Waals surface area contributed by atoms with E-state index in [2.05, 4.69) is 101 Å². The van der Waals surface area contributed by atoms with Crippen molar-refractivity contribution in [3.05, 3.63) is 199 Å². The Morgan fingerprint density at radius 1 is 0.547 bits per heavy atom. The molecule has 4 heterocycles. The molecule has 10 rings (SSSR count). The first-order valence-corrected chi connectivity index (χ1v) is 19.8. The van der Waals surface area contributed by atoms with Gasteiger partial charge in [0.2, 0.25) is 0 Å². The van der Waals surface area contributed by atoms with Gasteiger partial charge >= 0.3 is 0 Å². The Bertz CT molecular complexity index is 2720. The number of benzene rings is 6. The van der Waals surface area contributed by atoms with E-state index in [4.69, 9.17) is 9.40 Å². The molecule has 3 aromatic heterocycles. The van der Waals surface area contributed by atoms with Crippen molar-refractivity contribution in [3.63, 3.8) is 0 Å². The molecule has 1 atom stereocenters. The molecule has 4 nitrogen and oxygen atoms in total. The van der Waals surface area contributed by atoms with Gasteiger partial charge in [0.25, 0.3) is 0 Å². The molecule has 0 saturated heterocycles. The maximum atomic E-state index is 17.1. The van der Waals surface area contributed by atoms with Gasteiger partial charge in [-0.05, 0) is 81.3 Å². The fourth-order valence-corrected chi connectivity index (χ4v) is 13.5. The molecule has 0 amide bonds. The Hall–Kier alpha value is -6.63. The maximum Gasteiger partial charge on any atom is 0.188 e. The van der Waals surface area contributed by atoms with Crippen molar-refractivity contribution in [1.82, 2.24) is 9.97 Å². The second-order valence-corrected chi connectivity index (χ2v) is 17.1. The molecular formula is C47H32FN3OSi. The summed E-state index contributed by atoms with van der Waals surface area (Å²) in [6, 6.07) is 59.8. The highest BCUT2D eigenvalue weighted by Gasteiger charge is 2.51. The first-order valence-electron chi connectivity index (χ1n) is 17.8. The molecule has 0 N–H and O–H groups in total. The SMILES string of the molecule is FC(c1cccc(-c2ccccn2)c1)c1ccc2c(c1)N(c1ccccn1)c1ccc3c(oc4ccccc43)c1[Si]2(c1ccccc1)c1ccccc1. The van der Waals surface area contributed by atoms with Gasteiger partial charge in [-0.3, -0.25) is 9.88 Å². The first-order chi connectivity index (χ1) is 26.2. The van der Waals surface area contributed by atoms with E-state index in [1.54, 1.807) is 6.20 Å². The zero-order chi connectivity index (χ0) is 35.4. The van der Waals surface area contributed by atoms with Crippen LogP contribution in [0.1, 0.15) is 17.3 Å². The minimum atomic E-state index is -3.16. The van der Waals surface area contributed by atoms with E-state index in [0.717, 1.165) is 60.8 Å². The number of furan rings is 1. The van der Waals surface area contributed by atoms with E-state index in [1.807, 2.05) is 91.1 Å². The van der Waals surface area contributed by atoms with Gasteiger partial charge in [-0.15, -0.1) is 0 Å². The molecule has 1 aliphatic rings. The lowest BCUT2D eigenvalue weighted by Crippen LogP contribution is -2.77. The van der Waals surface area contributed by atoms with Crippen LogP contribution in [0.3, 0.4) is 0 Å². The molecule has 53 heavy (non-hydrogen) atoms. The molecular weight excluding hydrogens is 670 g/mol. The van der Waals surface area contributed by atoms with Crippen LogP contribution < -0.4 is 25.6 Å². The third-order valence-corrected chi connectivity index (χ3v) is 15.4. The molecule has 0 aliphatic carbocycles. The number of para-hydroxylation sites is 1. The summed E-state index contributed by atoms with van der Waals surface area (Å²) in [4.78, 5) is 11.6. The summed E-state index contributed by atoms with van der Waals surface area (Å²) in [5.41, 5.74) is 6.43. The first kappa shape index (κ1) is 31.1. The Balaban J connectivity index is 1.29. The fraction of sp³-hybridized carbons (Fsp3) is 0.0213. The summed E-state index contributed by atoms with van der Waals surface area (Å²) < 4.78 is 24.0. The summed E-state index contributed by atoms with van der Waals surface area (Å²) in [5, 5.41) is 6.87. The van der Waals surface area contributed by atoms with Crippen molar-refractivity contribution in [3.8, 4) is 11.3 Å². The van der Waals surface area contributed by atoms with E-state index < -0.39 is 14.2 Å². The molecule has 9 aromatic rings. The molecule has 252 valence electrons. The van der Waals surface area contributed by atoms with Crippen LogP contribution in [0.5, 0.6) is 0 Å². The van der Waals surface area contributed by atoms with Crippen LogP contribution in [0.15, 0.2) is 193 Å². The summed E-state index contributed by atoms with van der Waals surface area (Å²) >= 11 is 0. The average molecular weight is 702 g/mol. The van der Waals surface area contributed by atoms with Gasteiger partial charge < -0.3 is 4.42 Å². The van der Waals surface area contributed by atoms with Gasteiger partial charge in [-0.1, -0.05) is 121 Å². The van der Waals surface area contributed by atoms with Gasteiger partial charge in [0, 0.05) is 39.6 Å². The molecule has 0 saturated carbocycles. The number of hydrogen-bond acceptors (Lipinski definition) is 4. The van der Waals surface area contributed by atoms with Crippen LogP contribution in [0.25, 0.3) is 33.2 Å². The predicted octanol–water partition coefficient (Wildman–Crippen LogP) is 9.26. The van der Waals surface area contributed by atoms with E-state index in [0.29, 0.717) is 11.1 Å². The third-order valence-electron chi connectivity index (χ3n) is 10.5. The normalized spacial score (nSPS) is 13.8. The standard InChI is InChI=1S/C47H32FN3OSi/c48-45(33-15-13-14-32(30-33)39-21-9-11-28-49-39)34-24-27-43-41(31-34)51(44-23-10-12-29-50-44)40-26-25-38-37-20-7-8-22-42(37)52-46(38)47(40)53(43,35-16-3-1-4-17-35)36-18-5-2-6-19-36/h1-31,45H. The summed E-state index contributed by atoms with van der Waals surface area (Å²) in [7, 11) is -3.16. The van der Waals surface area contributed by atoms with Crippen molar-refractivity contribution >= 4 is 68.0 Å². The van der Waals surface area contributed by atoms with E-state index in [-0.39, 0.29) is 0 Å². The number of fused-ring (bicyclic) bond motifs is 6. The molecule has 0 bridgehead atoms. The molecule has 6 aromatic carbocycles. The number of hydrogen-bond donors (Lipinski definition) is 0. The minimum Gasteiger partial charge on any atom is -0.456 e. The molecule has 6 heteroatoms. The molecule has 0 spiro atoms. The third kappa shape index (κ3) is 4.87. The highest BCUT2D eigenvalue weighted by atomic mass is 28.3. The van der Waals surface area contributed by atoms with Gasteiger partial charge in [0.15, 0.2) is 14.2 Å². The van der Waals surface area contributed by atoms with E-state index in [1.165, 1.54) is 10.4 Å². The number of rotatable bonds is 6. The predicted molar refractivity (Wildman–Crippen MR) is 216 cm³/mol. The van der Waals surface area contributed by atoms with Gasteiger partial charge in [0.05, 0.1) is 11.4 Å². The second-order valence-electron chi connectivity index (χ2n) is 13.4. The zero-order valence-corrected chi connectivity index (χ0v) is 29.6. The van der Waals surface area contributed by atoms with Crippen molar-refractivity contribution in [1.29, 1.82) is 0 Å². The molecule has 1 aliphatic heterocycles. The fourth-order valence-electron chi connectivity index (χ4n) is 8.26. The van der Waals surface area contributed by atoms with E-state index >= 15 is 4.39 Å². The zero-order valence-electron chi connectivity index (χ0n) is 28.6. The number of alkyl halides is 1. The lowest BCUT2D eigenvalue weighted by Gasteiger charge is -2.44. The van der Waals surface area contributed by atoms with Crippen LogP contribution in [0, 0.1) is 0 Å². The largest absolute Gasteiger partial charge is 0.456 e. The van der Waals surface area contributed by atoms with Gasteiger partial charge in [-0.2, -0.15) is 0 Å². The molecule has 0 fully saturated rings. The van der Waals surface area contributed by atoms with Crippen molar-refractivity contribution in [2.24, 2.45) is 0 Å². The number of anilines is 3. The Morgan fingerprint density at radius 2 is 1.25 bits per heavy atom. The van der Waals surface area contributed by atoms with Crippen molar-refractivity contribution in [2.45, 2.75) is 6.17 Å². The van der Waals surface area contributed by atoms with Crippen LogP contribution in [0.4, 0.5) is 21.6 Å². The van der Waals surface area contributed by atoms with Gasteiger partial charge in [-0.25, -0.2) is 9.37 Å². The van der Waals surface area contributed by atoms with Crippen LogP contribution in [-0.2, 0) is 0 Å². The molecule has 1 unspecified atom stereocenters. The number of halogens is 1. The summed E-state index contributed by atoms with van der Waals surface area (Å²) in [6.45, 7) is 0. The average Bonchev–Trinajstić information content (AvgIpc) is 3.62. The number of aromatic nitrogens is 2. The second kappa shape index (κ2) is 12.5. The smallest absolute Gasteiger partial charge is 0.188 e. The quantitative estimate of drug-likeness (QED) is 0.162. The molecule has 0 radical (unpaired) electrons. The van der Waals surface area contributed by atoms with Crippen molar-refractivity contribution in [2.75, 3.05) is 4.90 Å². The van der Waals surface area contributed by atoms with E-state index in [9.17, 15) is 0 Å². The topological polar surface area (TPSA) is 42.2 Å².